The summed E-state index contributed by atoms with van der Waals surface area (Å²) in [6.45, 7) is 2.35. The molecule has 0 bridgehead atoms. The van der Waals surface area contributed by atoms with Gasteiger partial charge in [-0.3, -0.25) is 4.79 Å². The molecule has 1 saturated heterocycles. The van der Waals surface area contributed by atoms with E-state index in [0.717, 1.165) is 5.56 Å². The fraction of sp³-hybridized carbons (Fsp3) is 0.333. The van der Waals surface area contributed by atoms with Crippen LogP contribution < -0.4 is 5.32 Å². The Labute approximate surface area is 181 Å². The van der Waals surface area contributed by atoms with Crippen molar-refractivity contribution < 1.29 is 22.7 Å². The quantitative estimate of drug-likeness (QED) is 0.704. The number of methoxy groups -OCH3 is 1. The molecular formula is C21H23ClN2O5S. The molecule has 0 spiro atoms. The Morgan fingerprint density at radius 1 is 1.17 bits per heavy atom. The van der Waals surface area contributed by atoms with E-state index >= 15 is 0 Å². The maximum absolute atomic E-state index is 12.9. The standard InChI is InChI=1S/C21H23ClN2O5S/c1-14-5-8-17(9-6-14)30(27,28)24-11-3-4-15(13-24)20(25)23-16-7-10-19(22)18(12-16)21(26)29-2/h5-10,12,15H,3-4,11,13H2,1-2H3,(H,23,25)/t15-/m1/s1. The lowest BCUT2D eigenvalue weighted by molar-refractivity contribution is -0.120. The Morgan fingerprint density at radius 2 is 1.87 bits per heavy atom. The van der Waals surface area contributed by atoms with Gasteiger partial charge in [0.2, 0.25) is 15.9 Å². The van der Waals surface area contributed by atoms with E-state index in [9.17, 15) is 18.0 Å². The Bertz CT molecular complexity index is 1050. The fourth-order valence-corrected chi connectivity index (χ4v) is 5.07. The number of aryl methyl sites for hydroxylation is 1. The second-order valence-corrected chi connectivity index (χ2v) is 9.54. The van der Waals surface area contributed by atoms with Crippen molar-refractivity contribution in [2.24, 2.45) is 5.92 Å². The van der Waals surface area contributed by atoms with Crippen molar-refractivity contribution in [2.45, 2.75) is 24.7 Å². The summed E-state index contributed by atoms with van der Waals surface area (Å²) in [6, 6.07) is 11.2. The fourth-order valence-electron chi connectivity index (χ4n) is 3.35. The van der Waals surface area contributed by atoms with Gasteiger partial charge in [-0.2, -0.15) is 4.31 Å². The number of benzene rings is 2. The number of nitrogens with zero attached hydrogens (tertiary/aromatic N) is 1. The molecule has 30 heavy (non-hydrogen) atoms. The van der Waals surface area contributed by atoms with E-state index < -0.39 is 21.9 Å². The smallest absolute Gasteiger partial charge is 0.339 e. The number of ether oxygens (including phenoxy) is 1. The molecule has 2 aromatic rings. The van der Waals surface area contributed by atoms with Crippen LogP contribution in [0.4, 0.5) is 5.69 Å². The summed E-state index contributed by atoms with van der Waals surface area (Å²) >= 11 is 6.01. The number of rotatable bonds is 5. The SMILES string of the molecule is COC(=O)c1cc(NC(=O)[C@@H]2CCCN(S(=O)(=O)c3ccc(C)cc3)C2)ccc1Cl. The lowest BCUT2D eigenvalue weighted by atomic mass is 9.98. The van der Waals surface area contributed by atoms with Crippen molar-refractivity contribution in [1.29, 1.82) is 0 Å². The second-order valence-electron chi connectivity index (χ2n) is 7.19. The summed E-state index contributed by atoms with van der Waals surface area (Å²) in [5.41, 5.74) is 1.51. The lowest BCUT2D eigenvalue weighted by Gasteiger charge is -2.31. The van der Waals surface area contributed by atoms with Gasteiger partial charge in [-0.05, 0) is 50.1 Å². The first-order chi connectivity index (χ1) is 14.2. The van der Waals surface area contributed by atoms with Crippen molar-refractivity contribution in [3.8, 4) is 0 Å². The number of hydrogen-bond donors (Lipinski definition) is 1. The molecule has 3 rings (SSSR count). The number of amides is 1. The van der Waals surface area contributed by atoms with Crippen LogP contribution in [0.25, 0.3) is 0 Å². The zero-order valence-corrected chi connectivity index (χ0v) is 18.3. The zero-order chi connectivity index (χ0) is 21.9. The van der Waals surface area contributed by atoms with Gasteiger partial charge in [0.1, 0.15) is 0 Å². The van der Waals surface area contributed by atoms with Crippen LogP contribution in [-0.4, -0.2) is 44.8 Å². The number of esters is 1. The molecule has 1 aliphatic rings. The second kappa shape index (κ2) is 9.16. The van der Waals surface area contributed by atoms with Crippen LogP contribution in [0.15, 0.2) is 47.4 Å². The Hall–Kier alpha value is -2.42. The van der Waals surface area contributed by atoms with E-state index in [1.807, 2.05) is 6.92 Å². The number of sulfonamides is 1. The molecule has 1 N–H and O–H groups in total. The number of carbonyl (C=O) groups is 2. The lowest BCUT2D eigenvalue weighted by Crippen LogP contribution is -2.43. The third-order valence-corrected chi connectivity index (χ3v) is 7.26. The number of nitrogens with one attached hydrogen (secondary N) is 1. The first kappa shape index (κ1) is 22.3. The van der Waals surface area contributed by atoms with Gasteiger partial charge in [0, 0.05) is 18.8 Å². The van der Waals surface area contributed by atoms with Crippen molar-refractivity contribution >= 4 is 39.2 Å². The van der Waals surface area contributed by atoms with Gasteiger partial charge in [0.15, 0.2) is 0 Å². The summed E-state index contributed by atoms with van der Waals surface area (Å²) < 4.78 is 31.9. The molecule has 9 heteroatoms. The van der Waals surface area contributed by atoms with E-state index in [0.29, 0.717) is 25.1 Å². The summed E-state index contributed by atoms with van der Waals surface area (Å²) in [4.78, 5) is 24.8. The van der Waals surface area contributed by atoms with E-state index in [-0.39, 0.29) is 27.9 Å². The molecule has 1 fully saturated rings. The summed E-state index contributed by atoms with van der Waals surface area (Å²) in [5, 5.41) is 2.97. The molecule has 1 atom stereocenters. The highest BCUT2D eigenvalue weighted by Gasteiger charge is 2.33. The average Bonchev–Trinajstić information content (AvgIpc) is 2.75. The highest BCUT2D eigenvalue weighted by Crippen LogP contribution is 2.26. The van der Waals surface area contributed by atoms with Crippen molar-refractivity contribution in [2.75, 3.05) is 25.5 Å². The van der Waals surface area contributed by atoms with Crippen molar-refractivity contribution in [1.82, 2.24) is 4.31 Å². The molecule has 1 heterocycles. The van der Waals surface area contributed by atoms with Gasteiger partial charge in [-0.25, -0.2) is 13.2 Å². The molecule has 160 valence electrons. The summed E-state index contributed by atoms with van der Waals surface area (Å²) in [5.74, 6) is -1.42. The molecule has 7 nitrogen and oxygen atoms in total. The maximum Gasteiger partial charge on any atom is 0.339 e. The van der Waals surface area contributed by atoms with Crippen LogP contribution in [0.3, 0.4) is 0 Å². The van der Waals surface area contributed by atoms with Crippen LogP contribution in [-0.2, 0) is 19.6 Å². The first-order valence-electron chi connectivity index (χ1n) is 9.48. The molecule has 0 aliphatic carbocycles. The van der Waals surface area contributed by atoms with Gasteiger partial charge in [-0.15, -0.1) is 0 Å². The minimum Gasteiger partial charge on any atom is -0.465 e. The maximum atomic E-state index is 12.9. The summed E-state index contributed by atoms with van der Waals surface area (Å²) in [7, 11) is -2.43. The molecule has 1 aliphatic heterocycles. The Balaban J connectivity index is 1.73. The van der Waals surface area contributed by atoms with Crippen LogP contribution in [0.5, 0.6) is 0 Å². The molecule has 1 amide bonds. The van der Waals surface area contributed by atoms with E-state index in [1.165, 1.54) is 23.5 Å². The van der Waals surface area contributed by atoms with Crippen molar-refractivity contribution in [3.63, 3.8) is 0 Å². The summed E-state index contributed by atoms with van der Waals surface area (Å²) in [6.07, 6.45) is 1.15. The van der Waals surface area contributed by atoms with Gasteiger partial charge >= 0.3 is 5.97 Å². The van der Waals surface area contributed by atoms with Gasteiger partial charge in [0.05, 0.1) is 28.5 Å². The largest absolute Gasteiger partial charge is 0.465 e. The minimum absolute atomic E-state index is 0.0967. The molecule has 0 saturated carbocycles. The highest BCUT2D eigenvalue weighted by molar-refractivity contribution is 7.89. The monoisotopic (exact) mass is 450 g/mol. The average molecular weight is 451 g/mol. The number of anilines is 1. The Kier molecular flexibility index (Phi) is 6.80. The number of piperidine rings is 1. The number of hydrogen-bond acceptors (Lipinski definition) is 5. The van der Waals surface area contributed by atoms with Crippen molar-refractivity contribution in [3.05, 3.63) is 58.6 Å². The van der Waals surface area contributed by atoms with Crippen LogP contribution in [0.2, 0.25) is 5.02 Å². The number of carbonyl (C=O) groups excluding carboxylic acids is 2. The molecular weight excluding hydrogens is 428 g/mol. The number of halogens is 1. The van der Waals surface area contributed by atoms with Gasteiger partial charge < -0.3 is 10.1 Å². The minimum atomic E-state index is -3.67. The predicted octanol–water partition coefficient (Wildman–Crippen LogP) is 3.47. The predicted molar refractivity (Wildman–Crippen MR) is 114 cm³/mol. The van der Waals surface area contributed by atoms with Crippen LogP contribution >= 0.6 is 11.6 Å². The van der Waals surface area contributed by atoms with E-state index in [1.54, 1.807) is 30.3 Å². The van der Waals surface area contributed by atoms with Crippen LogP contribution in [0, 0.1) is 12.8 Å². The van der Waals surface area contributed by atoms with E-state index in [2.05, 4.69) is 10.1 Å². The molecule has 0 unspecified atom stereocenters. The molecule has 0 radical (unpaired) electrons. The Morgan fingerprint density at radius 3 is 2.53 bits per heavy atom. The molecule has 0 aromatic heterocycles. The van der Waals surface area contributed by atoms with E-state index in [4.69, 9.17) is 11.6 Å². The zero-order valence-electron chi connectivity index (χ0n) is 16.7. The normalized spacial score (nSPS) is 17.4. The first-order valence-corrected chi connectivity index (χ1v) is 11.3. The molecule has 2 aromatic carbocycles. The third-order valence-electron chi connectivity index (χ3n) is 5.05. The topological polar surface area (TPSA) is 92.8 Å². The van der Waals surface area contributed by atoms with Crippen LogP contribution in [0.1, 0.15) is 28.8 Å². The third kappa shape index (κ3) is 4.83. The highest BCUT2D eigenvalue weighted by atomic mass is 35.5. The van der Waals surface area contributed by atoms with Gasteiger partial charge in [-0.1, -0.05) is 29.3 Å². The van der Waals surface area contributed by atoms with Gasteiger partial charge in [0.25, 0.3) is 0 Å².